The molecule has 28 heavy (non-hydrogen) atoms. The Bertz CT molecular complexity index is 1140. The number of aryl methyl sites for hydroxylation is 1. The van der Waals surface area contributed by atoms with Gasteiger partial charge in [0, 0.05) is 23.0 Å². The third-order valence-corrected chi connectivity index (χ3v) is 4.27. The monoisotopic (exact) mass is 388 g/mol. The van der Waals surface area contributed by atoms with E-state index in [0.29, 0.717) is 22.7 Å². The summed E-state index contributed by atoms with van der Waals surface area (Å²) in [5, 5.41) is 5.90. The molecule has 0 saturated heterocycles. The van der Waals surface area contributed by atoms with Crippen LogP contribution >= 0.6 is 12.2 Å². The van der Waals surface area contributed by atoms with E-state index in [4.69, 9.17) is 16.6 Å². The summed E-state index contributed by atoms with van der Waals surface area (Å²) < 4.78 is 5.71. The number of rotatable bonds is 3. The lowest BCUT2D eigenvalue weighted by molar-refractivity contribution is 0.0977. The minimum absolute atomic E-state index is 0.227. The van der Waals surface area contributed by atoms with Crippen LogP contribution in [-0.2, 0) is 0 Å². The number of benzene rings is 2. The first-order chi connectivity index (χ1) is 13.6. The standard InChI is InChI=1S/C21H16N4O2S/c1-13-4-2-5-15(12-13)19(26)25-21(28)23-16-9-7-14(8-10-16)20-24-18-17(27-20)6-3-11-22-18/h2-12H,1H3,(H2,23,25,26,28). The number of carbonyl (C=O) groups excluding carboxylic acids is 1. The topological polar surface area (TPSA) is 80.0 Å². The zero-order valence-corrected chi connectivity index (χ0v) is 15.8. The first kappa shape index (κ1) is 17.8. The Morgan fingerprint density at radius 3 is 2.64 bits per heavy atom. The Morgan fingerprint density at radius 1 is 1.07 bits per heavy atom. The Labute approximate surface area is 166 Å². The van der Waals surface area contributed by atoms with Crippen LogP contribution in [0.25, 0.3) is 22.7 Å². The Hall–Kier alpha value is -3.58. The van der Waals surface area contributed by atoms with Gasteiger partial charge in [-0.15, -0.1) is 0 Å². The van der Waals surface area contributed by atoms with E-state index in [1.54, 1.807) is 18.3 Å². The molecule has 0 aliphatic carbocycles. The molecule has 0 saturated carbocycles. The molecule has 0 atom stereocenters. The number of carbonyl (C=O) groups is 1. The summed E-state index contributed by atoms with van der Waals surface area (Å²) in [6.45, 7) is 1.93. The number of thiocarbonyl (C=S) groups is 1. The van der Waals surface area contributed by atoms with Crippen molar-refractivity contribution < 1.29 is 9.21 Å². The molecule has 0 aliphatic heterocycles. The van der Waals surface area contributed by atoms with Gasteiger partial charge in [0.1, 0.15) is 0 Å². The highest BCUT2D eigenvalue weighted by atomic mass is 32.1. The second-order valence-corrected chi connectivity index (χ2v) is 6.61. The number of nitrogens with zero attached hydrogens (tertiary/aromatic N) is 2. The lowest BCUT2D eigenvalue weighted by Crippen LogP contribution is -2.34. The summed E-state index contributed by atoms with van der Waals surface area (Å²) >= 11 is 5.23. The molecule has 138 valence electrons. The van der Waals surface area contributed by atoms with Crippen LogP contribution in [0.3, 0.4) is 0 Å². The first-order valence-corrected chi connectivity index (χ1v) is 9.00. The van der Waals surface area contributed by atoms with Crippen LogP contribution in [0.2, 0.25) is 0 Å². The van der Waals surface area contributed by atoms with E-state index in [9.17, 15) is 4.79 Å². The zero-order chi connectivity index (χ0) is 19.5. The van der Waals surface area contributed by atoms with Crippen molar-refractivity contribution in [2.24, 2.45) is 0 Å². The number of oxazole rings is 1. The average Bonchev–Trinajstić information content (AvgIpc) is 3.12. The maximum Gasteiger partial charge on any atom is 0.257 e. The van der Waals surface area contributed by atoms with Crippen LogP contribution in [0.1, 0.15) is 15.9 Å². The van der Waals surface area contributed by atoms with Gasteiger partial charge in [0.05, 0.1) is 0 Å². The molecule has 0 unspecified atom stereocenters. The fourth-order valence-electron chi connectivity index (χ4n) is 2.71. The first-order valence-electron chi connectivity index (χ1n) is 8.59. The van der Waals surface area contributed by atoms with Crippen LogP contribution in [-0.4, -0.2) is 21.0 Å². The van der Waals surface area contributed by atoms with E-state index in [1.165, 1.54) is 0 Å². The van der Waals surface area contributed by atoms with Crippen LogP contribution in [0.5, 0.6) is 0 Å². The van der Waals surface area contributed by atoms with Gasteiger partial charge in [-0.1, -0.05) is 17.7 Å². The maximum absolute atomic E-state index is 12.3. The van der Waals surface area contributed by atoms with E-state index in [2.05, 4.69) is 20.6 Å². The Balaban J connectivity index is 1.42. The maximum atomic E-state index is 12.3. The number of nitrogens with one attached hydrogen (secondary N) is 2. The number of amides is 1. The van der Waals surface area contributed by atoms with Gasteiger partial charge in [0.2, 0.25) is 5.89 Å². The SMILES string of the molecule is Cc1cccc(C(=O)NC(=S)Nc2ccc(-c3nc4ncccc4o3)cc2)c1. The van der Waals surface area contributed by atoms with Gasteiger partial charge in [0.25, 0.3) is 5.91 Å². The number of anilines is 1. The molecule has 7 heteroatoms. The van der Waals surface area contributed by atoms with E-state index in [1.807, 2.05) is 55.5 Å². The zero-order valence-electron chi connectivity index (χ0n) is 15.0. The van der Waals surface area contributed by atoms with Gasteiger partial charge < -0.3 is 9.73 Å². The molecule has 6 nitrogen and oxygen atoms in total. The molecule has 2 aromatic heterocycles. The lowest BCUT2D eigenvalue weighted by atomic mass is 10.1. The fraction of sp³-hybridized carbons (Fsp3) is 0.0476. The third kappa shape index (κ3) is 3.89. The highest BCUT2D eigenvalue weighted by Crippen LogP contribution is 2.24. The van der Waals surface area contributed by atoms with Crippen molar-refractivity contribution in [1.82, 2.24) is 15.3 Å². The molecular formula is C21H16N4O2S. The van der Waals surface area contributed by atoms with Crippen LogP contribution in [0.4, 0.5) is 5.69 Å². The van der Waals surface area contributed by atoms with Crippen molar-refractivity contribution in [2.75, 3.05) is 5.32 Å². The summed E-state index contributed by atoms with van der Waals surface area (Å²) in [5.41, 5.74) is 4.34. The average molecular weight is 388 g/mol. The predicted molar refractivity (Wildman–Crippen MR) is 112 cm³/mol. The molecule has 0 fully saturated rings. The third-order valence-electron chi connectivity index (χ3n) is 4.06. The van der Waals surface area contributed by atoms with Gasteiger partial charge >= 0.3 is 0 Å². The molecule has 4 rings (SSSR count). The number of hydrogen-bond acceptors (Lipinski definition) is 5. The van der Waals surface area contributed by atoms with Crippen LogP contribution < -0.4 is 10.6 Å². The van der Waals surface area contributed by atoms with Crippen molar-refractivity contribution >= 4 is 40.2 Å². The number of hydrogen-bond donors (Lipinski definition) is 2. The predicted octanol–water partition coefficient (Wildman–Crippen LogP) is 4.33. The molecule has 4 aromatic rings. The summed E-state index contributed by atoms with van der Waals surface area (Å²) in [4.78, 5) is 20.8. The van der Waals surface area contributed by atoms with Gasteiger partial charge in [-0.05, 0) is 67.7 Å². The Kier molecular flexibility index (Phi) is 4.82. The largest absolute Gasteiger partial charge is 0.434 e. The normalized spacial score (nSPS) is 10.6. The van der Waals surface area contributed by atoms with Gasteiger partial charge in [-0.2, -0.15) is 4.98 Å². The number of fused-ring (bicyclic) bond motifs is 1. The highest BCUT2D eigenvalue weighted by Gasteiger charge is 2.10. The van der Waals surface area contributed by atoms with Gasteiger partial charge in [-0.25, -0.2) is 4.98 Å². The highest BCUT2D eigenvalue weighted by molar-refractivity contribution is 7.80. The Morgan fingerprint density at radius 2 is 1.89 bits per heavy atom. The van der Waals surface area contributed by atoms with E-state index in [0.717, 1.165) is 16.8 Å². The minimum Gasteiger partial charge on any atom is -0.434 e. The lowest BCUT2D eigenvalue weighted by Gasteiger charge is -2.10. The molecule has 0 radical (unpaired) electrons. The van der Waals surface area contributed by atoms with E-state index >= 15 is 0 Å². The quantitative estimate of drug-likeness (QED) is 0.509. The van der Waals surface area contributed by atoms with Crippen molar-refractivity contribution in [2.45, 2.75) is 6.92 Å². The smallest absolute Gasteiger partial charge is 0.257 e. The molecule has 2 heterocycles. The van der Waals surface area contributed by atoms with Crippen LogP contribution in [0, 0.1) is 6.92 Å². The van der Waals surface area contributed by atoms with Crippen LogP contribution in [0.15, 0.2) is 71.3 Å². The van der Waals surface area contributed by atoms with Gasteiger partial charge in [-0.3, -0.25) is 10.1 Å². The summed E-state index contributed by atoms with van der Waals surface area (Å²) in [5.74, 6) is 0.243. The fourth-order valence-corrected chi connectivity index (χ4v) is 2.92. The molecule has 0 bridgehead atoms. The molecule has 1 amide bonds. The summed E-state index contributed by atoms with van der Waals surface area (Å²) in [7, 11) is 0. The summed E-state index contributed by atoms with van der Waals surface area (Å²) in [6.07, 6.45) is 1.67. The summed E-state index contributed by atoms with van der Waals surface area (Å²) in [6, 6.07) is 18.3. The van der Waals surface area contributed by atoms with Crippen molar-refractivity contribution in [1.29, 1.82) is 0 Å². The molecule has 0 spiro atoms. The van der Waals surface area contributed by atoms with E-state index < -0.39 is 0 Å². The molecule has 2 aromatic carbocycles. The van der Waals surface area contributed by atoms with Crippen molar-refractivity contribution in [3.63, 3.8) is 0 Å². The minimum atomic E-state index is -0.253. The molecule has 0 aliphatic rings. The van der Waals surface area contributed by atoms with Crippen molar-refractivity contribution in [3.05, 3.63) is 78.0 Å². The molecule has 2 N–H and O–H groups in total. The van der Waals surface area contributed by atoms with Gasteiger partial charge in [0.15, 0.2) is 16.3 Å². The van der Waals surface area contributed by atoms with E-state index in [-0.39, 0.29) is 11.0 Å². The second kappa shape index (κ2) is 7.58. The molecular weight excluding hydrogens is 372 g/mol. The second-order valence-electron chi connectivity index (χ2n) is 6.20. The van der Waals surface area contributed by atoms with Crippen molar-refractivity contribution in [3.8, 4) is 11.5 Å². The number of aromatic nitrogens is 2. The number of pyridine rings is 1.